The minimum Gasteiger partial charge on any atom is -0.481 e. The summed E-state index contributed by atoms with van der Waals surface area (Å²) in [5.41, 5.74) is 0.966. The number of carbonyl (C=O) groups excluding carboxylic acids is 1. The molecular formula is C19H27NO4. The van der Waals surface area contributed by atoms with Crippen molar-refractivity contribution in [2.24, 2.45) is 11.8 Å². The minimum atomic E-state index is -0.854. The highest BCUT2D eigenvalue weighted by atomic mass is 16.5. The molecule has 1 heterocycles. The number of hydrogen-bond acceptors (Lipinski definition) is 3. The summed E-state index contributed by atoms with van der Waals surface area (Å²) in [6, 6.07) is 9.56. The first-order chi connectivity index (χ1) is 11.4. The molecule has 0 radical (unpaired) electrons. The largest absolute Gasteiger partial charge is 0.481 e. The van der Waals surface area contributed by atoms with Crippen molar-refractivity contribution < 1.29 is 19.4 Å². The van der Waals surface area contributed by atoms with Gasteiger partial charge in [0.15, 0.2) is 0 Å². The number of aliphatic carboxylic acids is 1. The maximum atomic E-state index is 12.6. The summed E-state index contributed by atoms with van der Waals surface area (Å²) in [6.07, 6.45) is 0.370. The van der Waals surface area contributed by atoms with Gasteiger partial charge in [0.1, 0.15) is 6.10 Å². The molecule has 24 heavy (non-hydrogen) atoms. The molecule has 1 N–H and O–H groups in total. The van der Waals surface area contributed by atoms with Crippen molar-refractivity contribution in [1.82, 2.24) is 4.90 Å². The summed E-state index contributed by atoms with van der Waals surface area (Å²) in [7, 11) is 0. The van der Waals surface area contributed by atoms with E-state index in [0.29, 0.717) is 19.1 Å². The third-order valence-electron chi connectivity index (χ3n) is 4.59. The number of benzene rings is 1. The van der Waals surface area contributed by atoms with Crippen LogP contribution in [0.4, 0.5) is 0 Å². The quantitative estimate of drug-likeness (QED) is 0.833. The summed E-state index contributed by atoms with van der Waals surface area (Å²) < 4.78 is 5.63. The highest BCUT2D eigenvalue weighted by Crippen LogP contribution is 2.33. The molecule has 1 fully saturated rings. The number of amides is 1. The van der Waals surface area contributed by atoms with Gasteiger partial charge in [-0.15, -0.1) is 0 Å². The Morgan fingerprint density at radius 1 is 1.21 bits per heavy atom. The van der Waals surface area contributed by atoms with Gasteiger partial charge >= 0.3 is 5.97 Å². The second kappa shape index (κ2) is 8.29. The van der Waals surface area contributed by atoms with Crippen LogP contribution in [0.1, 0.15) is 38.7 Å². The van der Waals surface area contributed by atoms with Crippen LogP contribution in [0.3, 0.4) is 0 Å². The fourth-order valence-corrected chi connectivity index (χ4v) is 3.08. The van der Waals surface area contributed by atoms with Gasteiger partial charge in [0.2, 0.25) is 0 Å². The first-order valence-electron chi connectivity index (χ1n) is 8.58. The van der Waals surface area contributed by atoms with Crippen molar-refractivity contribution in [2.75, 3.05) is 19.7 Å². The molecule has 132 valence electrons. The minimum absolute atomic E-state index is 0.122. The number of rotatable bonds is 7. The summed E-state index contributed by atoms with van der Waals surface area (Å²) in [5.74, 6) is -1.19. The van der Waals surface area contributed by atoms with Gasteiger partial charge in [-0.2, -0.15) is 0 Å². The predicted molar refractivity (Wildman–Crippen MR) is 91.8 cm³/mol. The molecule has 3 unspecified atom stereocenters. The van der Waals surface area contributed by atoms with Gasteiger partial charge in [0, 0.05) is 25.6 Å². The summed E-state index contributed by atoms with van der Waals surface area (Å²) in [4.78, 5) is 25.8. The molecule has 1 aromatic carbocycles. The molecule has 5 heteroatoms. The second-order valence-corrected chi connectivity index (χ2v) is 6.90. The third-order valence-corrected chi connectivity index (χ3v) is 4.59. The lowest BCUT2D eigenvalue weighted by molar-refractivity contribution is -0.143. The fraction of sp³-hybridized carbons (Fsp3) is 0.579. The molecule has 1 amide bonds. The van der Waals surface area contributed by atoms with E-state index in [9.17, 15) is 14.7 Å². The van der Waals surface area contributed by atoms with Crippen molar-refractivity contribution in [1.29, 1.82) is 0 Å². The van der Waals surface area contributed by atoms with Crippen LogP contribution in [0.25, 0.3) is 0 Å². The van der Waals surface area contributed by atoms with Crippen LogP contribution in [-0.4, -0.2) is 47.7 Å². The number of carbonyl (C=O) groups is 2. The highest BCUT2D eigenvalue weighted by Gasteiger charge is 2.41. The van der Waals surface area contributed by atoms with Gasteiger partial charge in [-0.05, 0) is 24.8 Å². The Morgan fingerprint density at radius 2 is 1.88 bits per heavy atom. The predicted octanol–water partition coefficient (Wildman–Crippen LogP) is 2.76. The van der Waals surface area contributed by atoms with Crippen LogP contribution >= 0.6 is 0 Å². The number of carboxylic acids is 1. The number of nitrogens with zero attached hydrogens (tertiary/aromatic N) is 1. The molecule has 1 saturated heterocycles. The van der Waals surface area contributed by atoms with Crippen LogP contribution in [-0.2, 0) is 14.3 Å². The van der Waals surface area contributed by atoms with Crippen molar-refractivity contribution in [3.8, 4) is 0 Å². The van der Waals surface area contributed by atoms with E-state index in [2.05, 4.69) is 13.8 Å². The molecule has 2 rings (SSSR count). The highest BCUT2D eigenvalue weighted by molar-refractivity contribution is 5.82. The van der Waals surface area contributed by atoms with Gasteiger partial charge in [-0.25, -0.2) is 0 Å². The van der Waals surface area contributed by atoms with Crippen LogP contribution < -0.4 is 0 Å². The fourth-order valence-electron chi connectivity index (χ4n) is 3.08. The van der Waals surface area contributed by atoms with Crippen molar-refractivity contribution in [3.05, 3.63) is 35.9 Å². The normalized spacial score (nSPS) is 21.9. The summed E-state index contributed by atoms with van der Waals surface area (Å²) in [5, 5.41) is 9.52. The Morgan fingerprint density at radius 3 is 2.46 bits per heavy atom. The van der Waals surface area contributed by atoms with E-state index in [0.717, 1.165) is 12.0 Å². The van der Waals surface area contributed by atoms with Crippen LogP contribution in [0.2, 0.25) is 0 Å². The lowest BCUT2D eigenvalue weighted by Gasteiger charge is -2.21. The standard InChI is InChI=1S/C19H27NO4/c1-13(2)9-10-24-14(3)18(21)20-11-16(17(12-20)19(22)23)15-7-5-4-6-8-15/h4-8,13-14,16-17H,9-12H2,1-3H3,(H,22,23). The zero-order chi connectivity index (χ0) is 17.7. The molecule has 0 saturated carbocycles. The average Bonchev–Trinajstić information content (AvgIpc) is 3.00. The molecule has 1 aliphatic rings. The van der Waals surface area contributed by atoms with Gasteiger partial charge in [0.05, 0.1) is 5.92 Å². The van der Waals surface area contributed by atoms with Crippen LogP contribution in [0, 0.1) is 11.8 Å². The van der Waals surface area contributed by atoms with Gasteiger partial charge in [-0.1, -0.05) is 44.2 Å². The van der Waals surface area contributed by atoms with E-state index < -0.39 is 18.0 Å². The maximum absolute atomic E-state index is 12.6. The molecule has 0 aliphatic carbocycles. The van der Waals surface area contributed by atoms with Crippen LogP contribution in [0.5, 0.6) is 0 Å². The van der Waals surface area contributed by atoms with E-state index >= 15 is 0 Å². The van der Waals surface area contributed by atoms with Gasteiger partial charge < -0.3 is 14.7 Å². The Balaban J connectivity index is 2.01. The molecule has 1 aromatic rings. The Kier molecular flexibility index (Phi) is 6.37. The third kappa shape index (κ3) is 4.57. The molecule has 0 aromatic heterocycles. The number of hydrogen-bond donors (Lipinski definition) is 1. The molecule has 5 nitrogen and oxygen atoms in total. The van der Waals surface area contributed by atoms with Gasteiger partial charge in [0.25, 0.3) is 5.91 Å². The summed E-state index contributed by atoms with van der Waals surface area (Å²) >= 11 is 0. The monoisotopic (exact) mass is 333 g/mol. The smallest absolute Gasteiger partial charge is 0.308 e. The van der Waals surface area contributed by atoms with E-state index in [1.54, 1.807) is 11.8 Å². The Hall–Kier alpha value is -1.88. The van der Waals surface area contributed by atoms with E-state index in [1.165, 1.54) is 0 Å². The number of likely N-dealkylation sites (tertiary alicyclic amines) is 1. The van der Waals surface area contributed by atoms with Crippen molar-refractivity contribution in [2.45, 2.75) is 39.2 Å². The molecule has 1 aliphatic heterocycles. The maximum Gasteiger partial charge on any atom is 0.308 e. The summed E-state index contributed by atoms with van der Waals surface area (Å²) in [6.45, 7) is 7.18. The zero-order valence-corrected chi connectivity index (χ0v) is 14.6. The SMILES string of the molecule is CC(C)CCOC(C)C(=O)N1CC(C(=O)O)C(c2ccccc2)C1. The van der Waals surface area contributed by atoms with E-state index in [4.69, 9.17) is 4.74 Å². The lowest BCUT2D eigenvalue weighted by Crippen LogP contribution is -2.38. The van der Waals surface area contributed by atoms with Crippen molar-refractivity contribution in [3.63, 3.8) is 0 Å². The Bertz CT molecular complexity index is 558. The lowest BCUT2D eigenvalue weighted by atomic mass is 9.89. The number of carboxylic acid groups (broad SMARTS) is 1. The average molecular weight is 333 g/mol. The van der Waals surface area contributed by atoms with E-state index in [-0.39, 0.29) is 18.4 Å². The molecule has 3 atom stereocenters. The first kappa shape index (κ1) is 18.5. The molecular weight excluding hydrogens is 306 g/mol. The zero-order valence-electron chi connectivity index (χ0n) is 14.6. The molecule has 0 bridgehead atoms. The van der Waals surface area contributed by atoms with E-state index in [1.807, 2.05) is 30.3 Å². The van der Waals surface area contributed by atoms with Crippen molar-refractivity contribution >= 4 is 11.9 Å². The molecule has 0 spiro atoms. The first-order valence-corrected chi connectivity index (χ1v) is 8.58. The second-order valence-electron chi connectivity index (χ2n) is 6.90. The van der Waals surface area contributed by atoms with Gasteiger partial charge in [-0.3, -0.25) is 9.59 Å². The number of ether oxygens (including phenoxy) is 1. The topological polar surface area (TPSA) is 66.8 Å². The Labute approximate surface area is 143 Å². The van der Waals surface area contributed by atoms with Crippen LogP contribution in [0.15, 0.2) is 30.3 Å².